The third-order valence-electron chi connectivity index (χ3n) is 4.16. The van der Waals surface area contributed by atoms with Crippen LogP contribution < -0.4 is 10.1 Å². The number of carbonyl (C=O) groups is 1. The van der Waals surface area contributed by atoms with E-state index in [0.717, 1.165) is 23.3 Å². The fourth-order valence-corrected chi connectivity index (χ4v) is 2.90. The fraction of sp³-hybridized carbons (Fsp3) is 0.316. The van der Waals surface area contributed by atoms with Crippen LogP contribution in [0.5, 0.6) is 5.75 Å². The first-order chi connectivity index (χ1) is 11.2. The maximum atomic E-state index is 13.1. The van der Waals surface area contributed by atoms with Crippen LogP contribution in [0.1, 0.15) is 29.9 Å². The van der Waals surface area contributed by atoms with Crippen molar-refractivity contribution in [3.05, 3.63) is 65.5 Å². The van der Waals surface area contributed by atoms with Gasteiger partial charge in [-0.05, 0) is 42.2 Å². The summed E-state index contributed by atoms with van der Waals surface area (Å²) in [6.45, 7) is 1.29. The van der Waals surface area contributed by atoms with Gasteiger partial charge in [0.15, 0.2) is 0 Å². The number of benzene rings is 2. The van der Waals surface area contributed by atoms with Gasteiger partial charge >= 0.3 is 0 Å². The maximum absolute atomic E-state index is 13.1. The lowest BCUT2D eigenvalue weighted by atomic mass is 9.93. The molecule has 0 aliphatic carbocycles. The molecule has 2 aromatic rings. The number of halogens is 1. The molecule has 1 heterocycles. The number of amides is 1. The number of ether oxygens (including phenoxy) is 1. The lowest BCUT2D eigenvalue weighted by molar-refractivity contribution is -0.121. The van der Waals surface area contributed by atoms with E-state index in [1.807, 2.05) is 24.3 Å². The number of nitrogens with one attached hydrogen (secondary N) is 1. The van der Waals surface area contributed by atoms with Gasteiger partial charge < -0.3 is 10.1 Å². The van der Waals surface area contributed by atoms with Gasteiger partial charge in [-0.2, -0.15) is 0 Å². The van der Waals surface area contributed by atoms with Gasteiger partial charge in [-0.1, -0.05) is 30.3 Å². The van der Waals surface area contributed by atoms with Crippen LogP contribution >= 0.6 is 0 Å². The van der Waals surface area contributed by atoms with Crippen LogP contribution in [0.3, 0.4) is 0 Å². The second-order valence-electron chi connectivity index (χ2n) is 5.81. The van der Waals surface area contributed by atoms with E-state index < -0.39 is 0 Å². The standard InChI is InChI=1S/C19H20FNO2/c20-16-5-3-4-14(12-16)8-9-19(22)21-13-15-10-11-23-18-7-2-1-6-17(15)18/h1-7,12,15H,8-11,13H2,(H,21,22). The molecule has 3 rings (SSSR count). The molecule has 0 aromatic heterocycles. The van der Waals surface area contributed by atoms with E-state index in [1.165, 1.54) is 12.1 Å². The van der Waals surface area contributed by atoms with Crippen LogP contribution in [0.4, 0.5) is 4.39 Å². The predicted octanol–water partition coefficient (Wildman–Crippen LogP) is 3.44. The average Bonchev–Trinajstić information content (AvgIpc) is 2.58. The number of aryl methyl sites for hydroxylation is 1. The smallest absolute Gasteiger partial charge is 0.220 e. The van der Waals surface area contributed by atoms with Crippen LogP contribution in [0.2, 0.25) is 0 Å². The molecule has 1 atom stereocenters. The maximum Gasteiger partial charge on any atom is 0.220 e. The second kappa shape index (κ2) is 7.27. The highest BCUT2D eigenvalue weighted by Crippen LogP contribution is 2.32. The monoisotopic (exact) mass is 313 g/mol. The number of hydrogen-bond acceptors (Lipinski definition) is 2. The Hall–Kier alpha value is -2.36. The number of para-hydroxylation sites is 1. The summed E-state index contributed by atoms with van der Waals surface area (Å²) < 4.78 is 18.7. The topological polar surface area (TPSA) is 38.3 Å². The Balaban J connectivity index is 1.50. The first kappa shape index (κ1) is 15.5. The van der Waals surface area contributed by atoms with Gasteiger partial charge in [-0.25, -0.2) is 4.39 Å². The van der Waals surface area contributed by atoms with Crippen molar-refractivity contribution in [1.82, 2.24) is 5.32 Å². The van der Waals surface area contributed by atoms with Crippen molar-refractivity contribution in [3.63, 3.8) is 0 Å². The van der Waals surface area contributed by atoms with E-state index in [-0.39, 0.29) is 17.6 Å². The molecule has 0 saturated heterocycles. The van der Waals surface area contributed by atoms with E-state index in [1.54, 1.807) is 6.07 Å². The minimum atomic E-state index is -0.262. The van der Waals surface area contributed by atoms with Crippen molar-refractivity contribution in [2.45, 2.75) is 25.2 Å². The quantitative estimate of drug-likeness (QED) is 0.918. The van der Waals surface area contributed by atoms with Crippen molar-refractivity contribution in [2.75, 3.05) is 13.2 Å². The minimum absolute atomic E-state index is 0.00164. The lowest BCUT2D eigenvalue weighted by Gasteiger charge is -2.26. The van der Waals surface area contributed by atoms with E-state index in [9.17, 15) is 9.18 Å². The molecule has 1 N–H and O–H groups in total. The number of hydrogen-bond donors (Lipinski definition) is 1. The van der Waals surface area contributed by atoms with Crippen LogP contribution in [-0.2, 0) is 11.2 Å². The van der Waals surface area contributed by atoms with Crippen LogP contribution in [0, 0.1) is 5.82 Å². The summed E-state index contributed by atoms with van der Waals surface area (Å²) in [4.78, 5) is 12.0. The molecule has 23 heavy (non-hydrogen) atoms. The fourth-order valence-electron chi connectivity index (χ4n) is 2.90. The molecule has 1 amide bonds. The third-order valence-corrected chi connectivity index (χ3v) is 4.16. The van der Waals surface area contributed by atoms with Gasteiger partial charge in [-0.3, -0.25) is 4.79 Å². The largest absolute Gasteiger partial charge is 0.493 e. The summed E-state index contributed by atoms with van der Waals surface area (Å²) in [5.74, 6) is 0.941. The molecule has 2 aromatic carbocycles. The molecule has 1 aliphatic rings. The van der Waals surface area contributed by atoms with Crippen molar-refractivity contribution < 1.29 is 13.9 Å². The number of fused-ring (bicyclic) bond motifs is 1. The molecule has 4 heteroatoms. The Bertz CT molecular complexity index is 687. The Labute approximate surface area is 135 Å². The summed E-state index contributed by atoms with van der Waals surface area (Å²) >= 11 is 0. The zero-order chi connectivity index (χ0) is 16.1. The van der Waals surface area contributed by atoms with Gasteiger partial charge in [0.25, 0.3) is 0 Å². The zero-order valence-corrected chi connectivity index (χ0v) is 12.9. The van der Waals surface area contributed by atoms with Gasteiger partial charge in [0.2, 0.25) is 5.91 Å². The summed E-state index contributed by atoms with van der Waals surface area (Å²) in [7, 11) is 0. The van der Waals surface area contributed by atoms with E-state index >= 15 is 0 Å². The van der Waals surface area contributed by atoms with Crippen molar-refractivity contribution in [3.8, 4) is 5.75 Å². The van der Waals surface area contributed by atoms with E-state index in [0.29, 0.717) is 26.0 Å². The summed E-state index contributed by atoms with van der Waals surface area (Å²) in [5.41, 5.74) is 2.00. The Morgan fingerprint density at radius 2 is 2.09 bits per heavy atom. The third kappa shape index (κ3) is 4.09. The van der Waals surface area contributed by atoms with Crippen LogP contribution in [-0.4, -0.2) is 19.1 Å². The number of carbonyl (C=O) groups excluding carboxylic acids is 1. The highest BCUT2D eigenvalue weighted by molar-refractivity contribution is 5.76. The molecule has 1 aliphatic heterocycles. The van der Waals surface area contributed by atoms with E-state index in [2.05, 4.69) is 11.4 Å². The Morgan fingerprint density at radius 3 is 2.96 bits per heavy atom. The SMILES string of the molecule is O=C(CCc1cccc(F)c1)NCC1CCOc2ccccc21. The molecule has 120 valence electrons. The molecule has 3 nitrogen and oxygen atoms in total. The highest BCUT2D eigenvalue weighted by atomic mass is 19.1. The zero-order valence-electron chi connectivity index (χ0n) is 12.9. The van der Waals surface area contributed by atoms with Crippen molar-refractivity contribution in [1.29, 1.82) is 0 Å². The van der Waals surface area contributed by atoms with Crippen LogP contribution in [0.15, 0.2) is 48.5 Å². The lowest BCUT2D eigenvalue weighted by Crippen LogP contribution is -2.30. The molecule has 1 unspecified atom stereocenters. The van der Waals surface area contributed by atoms with Crippen molar-refractivity contribution in [2.24, 2.45) is 0 Å². The predicted molar refractivity (Wildman–Crippen MR) is 87.0 cm³/mol. The summed E-state index contributed by atoms with van der Waals surface area (Å²) in [6.07, 6.45) is 1.82. The normalized spacial score (nSPS) is 16.3. The Kier molecular flexibility index (Phi) is 4.91. The van der Waals surface area contributed by atoms with Gasteiger partial charge in [0.05, 0.1) is 6.61 Å². The Morgan fingerprint density at radius 1 is 1.22 bits per heavy atom. The average molecular weight is 313 g/mol. The second-order valence-corrected chi connectivity index (χ2v) is 5.81. The van der Waals surface area contributed by atoms with Gasteiger partial charge in [-0.15, -0.1) is 0 Å². The molecule has 0 fully saturated rings. The molecule has 0 saturated carbocycles. The first-order valence-electron chi connectivity index (χ1n) is 7.95. The molecular formula is C19H20FNO2. The van der Waals surface area contributed by atoms with Crippen molar-refractivity contribution >= 4 is 5.91 Å². The summed E-state index contributed by atoms with van der Waals surface area (Å²) in [6, 6.07) is 14.4. The molecule has 0 bridgehead atoms. The minimum Gasteiger partial charge on any atom is -0.493 e. The highest BCUT2D eigenvalue weighted by Gasteiger charge is 2.21. The molecule has 0 spiro atoms. The number of rotatable bonds is 5. The van der Waals surface area contributed by atoms with E-state index in [4.69, 9.17) is 4.74 Å². The summed E-state index contributed by atoms with van der Waals surface area (Å²) in [5, 5.41) is 2.99. The van der Waals surface area contributed by atoms with Crippen LogP contribution in [0.25, 0.3) is 0 Å². The van der Waals surface area contributed by atoms with Gasteiger partial charge in [0, 0.05) is 18.9 Å². The first-order valence-corrected chi connectivity index (χ1v) is 7.95. The van der Waals surface area contributed by atoms with Gasteiger partial charge in [0.1, 0.15) is 11.6 Å². The molecular weight excluding hydrogens is 293 g/mol. The molecule has 0 radical (unpaired) electrons.